The van der Waals surface area contributed by atoms with E-state index in [9.17, 15) is 9.90 Å². The van der Waals surface area contributed by atoms with Crippen LogP contribution < -0.4 is 15.8 Å². The minimum absolute atomic E-state index is 0.0361. The molecule has 5 heteroatoms. The number of rotatable bonds is 4. The summed E-state index contributed by atoms with van der Waals surface area (Å²) >= 11 is 0. The van der Waals surface area contributed by atoms with Gasteiger partial charge in [0.25, 0.3) is 0 Å². The minimum atomic E-state index is -1.17. The van der Waals surface area contributed by atoms with Gasteiger partial charge in [-0.15, -0.1) is 0 Å². The molecule has 0 radical (unpaired) electrons. The molecular formula is C14H20N2O3. The van der Waals surface area contributed by atoms with Crippen molar-refractivity contribution < 1.29 is 14.6 Å². The number of carbonyl (C=O) groups is 1. The van der Waals surface area contributed by atoms with Gasteiger partial charge in [0.15, 0.2) is 0 Å². The summed E-state index contributed by atoms with van der Waals surface area (Å²) in [5.41, 5.74) is 5.80. The van der Waals surface area contributed by atoms with Crippen molar-refractivity contribution in [2.75, 3.05) is 6.54 Å². The first-order valence-corrected chi connectivity index (χ1v) is 6.38. The molecule has 0 saturated heterocycles. The Kier molecular flexibility index (Phi) is 3.78. The lowest BCUT2D eigenvalue weighted by Gasteiger charge is -2.38. The summed E-state index contributed by atoms with van der Waals surface area (Å²) in [6, 6.07) is 7.82. The van der Waals surface area contributed by atoms with Gasteiger partial charge in [-0.2, -0.15) is 0 Å². The molecule has 1 amide bonds. The Bertz CT molecular complexity index is 474. The molecule has 0 fully saturated rings. The summed E-state index contributed by atoms with van der Waals surface area (Å²) in [5.74, 6) is 0.122. The molecule has 1 heterocycles. The lowest BCUT2D eigenvalue weighted by molar-refractivity contribution is -0.125. The van der Waals surface area contributed by atoms with Crippen LogP contribution in [0.15, 0.2) is 24.3 Å². The average Bonchev–Trinajstić information content (AvgIpc) is 2.34. The molecule has 4 N–H and O–H groups in total. The summed E-state index contributed by atoms with van der Waals surface area (Å²) < 4.78 is 5.91. The summed E-state index contributed by atoms with van der Waals surface area (Å²) in [5, 5.41) is 12.7. The summed E-state index contributed by atoms with van der Waals surface area (Å²) in [7, 11) is 0. The largest absolute Gasteiger partial charge is 0.487 e. The number of fused-ring (bicyclic) bond motifs is 1. The highest BCUT2D eigenvalue weighted by atomic mass is 16.5. The van der Waals surface area contributed by atoms with Gasteiger partial charge in [-0.3, -0.25) is 4.79 Å². The molecule has 1 aliphatic rings. The Balaban J connectivity index is 2.14. The maximum Gasteiger partial charge on any atom is 0.247 e. The van der Waals surface area contributed by atoms with E-state index in [1.165, 1.54) is 0 Å². The fraction of sp³-hybridized carbons (Fsp3) is 0.500. The van der Waals surface area contributed by atoms with Crippen molar-refractivity contribution in [3.8, 4) is 5.75 Å². The van der Waals surface area contributed by atoms with Crippen LogP contribution in [0.1, 0.15) is 31.9 Å². The third-order valence-electron chi connectivity index (χ3n) is 3.26. The average molecular weight is 264 g/mol. The van der Waals surface area contributed by atoms with E-state index in [-0.39, 0.29) is 18.2 Å². The fourth-order valence-corrected chi connectivity index (χ4v) is 2.34. The van der Waals surface area contributed by atoms with Crippen molar-refractivity contribution in [2.45, 2.75) is 38.0 Å². The van der Waals surface area contributed by atoms with Crippen molar-refractivity contribution >= 4 is 5.91 Å². The van der Waals surface area contributed by atoms with E-state index >= 15 is 0 Å². The molecule has 2 rings (SSSR count). The predicted octanol–water partition coefficient (Wildman–Crippen LogP) is 0.725. The minimum Gasteiger partial charge on any atom is -0.487 e. The van der Waals surface area contributed by atoms with Gasteiger partial charge < -0.3 is 20.9 Å². The van der Waals surface area contributed by atoms with Crippen LogP contribution >= 0.6 is 0 Å². The van der Waals surface area contributed by atoms with E-state index in [0.29, 0.717) is 0 Å². The SMILES string of the molecule is CC1(C)CC(NCC(O)C(N)=O)c2ccccc2O1. The van der Waals surface area contributed by atoms with E-state index in [2.05, 4.69) is 5.32 Å². The van der Waals surface area contributed by atoms with E-state index in [1.807, 2.05) is 38.1 Å². The highest BCUT2D eigenvalue weighted by Crippen LogP contribution is 2.39. The van der Waals surface area contributed by atoms with Crippen molar-refractivity contribution in [3.05, 3.63) is 29.8 Å². The highest BCUT2D eigenvalue weighted by Gasteiger charge is 2.33. The van der Waals surface area contributed by atoms with Crippen molar-refractivity contribution in [1.29, 1.82) is 0 Å². The third kappa shape index (κ3) is 3.24. The Hall–Kier alpha value is -1.59. The number of aliphatic hydroxyl groups excluding tert-OH is 1. The molecule has 2 atom stereocenters. The maximum atomic E-state index is 10.9. The maximum absolute atomic E-state index is 10.9. The Morgan fingerprint density at radius 1 is 1.58 bits per heavy atom. The van der Waals surface area contributed by atoms with Crippen LogP contribution in [-0.2, 0) is 4.79 Å². The molecule has 0 aliphatic carbocycles. The zero-order chi connectivity index (χ0) is 14.0. The quantitative estimate of drug-likeness (QED) is 0.748. The highest BCUT2D eigenvalue weighted by molar-refractivity contribution is 5.78. The van der Waals surface area contributed by atoms with Gasteiger partial charge in [0.1, 0.15) is 17.5 Å². The van der Waals surface area contributed by atoms with Gasteiger partial charge in [-0.1, -0.05) is 18.2 Å². The van der Waals surface area contributed by atoms with Crippen LogP contribution in [-0.4, -0.2) is 29.3 Å². The standard InChI is InChI=1S/C14H20N2O3/c1-14(2)7-10(16-8-11(17)13(15)18)9-5-3-4-6-12(9)19-14/h3-6,10-11,16-17H,7-8H2,1-2H3,(H2,15,18). The summed E-state index contributed by atoms with van der Waals surface area (Å²) in [6.07, 6.45) is -0.409. The number of carbonyl (C=O) groups excluding carboxylic acids is 1. The van der Waals surface area contributed by atoms with E-state index < -0.39 is 12.0 Å². The lowest BCUT2D eigenvalue weighted by Crippen LogP contribution is -2.43. The second kappa shape index (κ2) is 5.19. The molecule has 0 aromatic heterocycles. The third-order valence-corrected chi connectivity index (χ3v) is 3.26. The lowest BCUT2D eigenvalue weighted by atomic mass is 9.89. The molecule has 1 aliphatic heterocycles. The van der Waals surface area contributed by atoms with Crippen LogP contribution in [0, 0.1) is 0 Å². The molecule has 1 aromatic rings. The van der Waals surface area contributed by atoms with Crippen LogP contribution in [0.25, 0.3) is 0 Å². The number of ether oxygens (including phenoxy) is 1. The smallest absolute Gasteiger partial charge is 0.247 e. The first kappa shape index (κ1) is 13.8. The van der Waals surface area contributed by atoms with E-state index in [0.717, 1.165) is 17.7 Å². The van der Waals surface area contributed by atoms with Crippen molar-refractivity contribution in [3.63, 3.8) is 0 Å². The number of amides is 1. The number of para-hydroxylation sites is 1. The molecule has 2 unspecified atom stereocenters. The van der Waals surface area contributed by atoms with Gasteiger partial charge in [0.2, 0.25) is 5.91 Å². The van der Waals surface area contributed by atoms with Gasteiger partial charge in [0, 0.05) is 24.6 Å². The molecule has 5 nitrogen and oxygen atoms in total. The fourth-order valence-electron chi connectivity index (χ4n) is 2.34. The number of benzene rings is 1. The van der Waals surface area contributed by atoms with Crippen LogP contribution in [0.5, 0.6) is 5.75 Å². The van der Waals surface area contributed by atoms with Crippen molar-refractivity contribution in [2.24, 2.45) is 5.73 Å². The Morgan fingerprint density at radius 2 is 2.26 bits per heavy atom. The molecule has 0 bridgehead atoms. The summed E-state index contributed by atoms with van der Waals surface area (Å²) in [4.78, 5) is 10.9. The molecule has 1 aromatic carbocycles. The second-order valence-corrected chi connectivity index (χ2v) is 5.48. The summed E-state index contributed by atoms with van der Waals surface area (Å²) in [6.45, 7) is 4.18. The van der Waals surface area contributed by atoms with Gasteiger partial charge >= 0.3 is 0 Å². The van der Waals surface area contributed by atoms with E-state index in [1.54, 1.807) is 0 Å². The van der Waals surface area contributed by atoms with Gasteiger partial charge in [-0.25, -0.2) is 0 Å². The topological polar surface area (TPSA) is 84.6 Å². The van der Waals surface area contributed by atoms with E-state index in [4.69, 9.17) is 10.5 Å². The Morgan fingerprint density at radius 3 is 2.95 bits per heavy atom. The normalized spacial score (nSPS) is 22.2. The molecule has 0 spiro atoms. The van der Waals surface area contributed by atoms with Crippen LogP contribution in [0.2, 0.25) is 0 Å². The first-order chi connectivity index (χ1) is 8.89. The molecular weight excluding hydrogens is 244 g/mol. The molecule has 104 valence electrons. The number of nitrogens with two attached hydrogens (primary N) is 1. The predicted molar refractivity (Wildman–Crippen MR) is 71.7 cm³/mol. The number of nitrogens with one attached hydrogen (secondary N) is 1. The number of primary amides is 1. The van der Waals surface area contributed by atoms with Crippen LogP contribution in [0.3, 0.4) is 0 Å². The number of hydrogen-bond acceptors (Lipinski definition) is 4. The Labute approximate surface area is 112 Å². The van der Waals surface area contributed by atoms with Crippen molar-refractivity contribution in [1.82, 2.24) is 5.32 Å². The second-order valence-electron chi connectivity index (χ2n) is 5.48. The zero-order valence-corrected chi connectivity index (χ0v) is 11.2. The first-order valence-electron chi connectivity index (χ1n) is 6.38. The molecule has 0 saturated carbocycles. The monoisotopic (exact) mass is 264 g/mol. The van der Waals surface area contributed by atoms with Crippen LogP contribution in [0.4, 0.5) is 0 Å². The molecule has 19 heavy (non-hydrogen) atoms. The number of hydrogen-bond donors (Lipinski definition) is 3. The number of aliphatic hydroxyl groups is 1. The van der Waals surface area contributed by atoms with Gasteiger partial charge in [-0.05, 0) is 19.9 Å². The van der Waals surface area contributed by atoms with Gasteiger partial charge in [0.05, 0.1) is 0 Å². The zero-order valence-electron chi connectivity index (χ0n) is 11.2.